The molecule has 3 aromatic rings. The standard InChI is InChI=1S/C28H27BrO7/c1-33-24-14-12-22(13-15-24)28(26(31)35-3,36-19-21-8-5-4-6-9-21)27(32,25(30)34-2)17-16-20-10-7-11-23(29)18-20/h4-18,32H,19H2,1-3H3/b17-16+/t27-,28+/m0/s1. The summed E-state index contributed by atoms with van der Waals surface area (Å²) < 4.78 is 22.3. The molecule has 0 saturated carbocycles. The van der Waals surface area contributed by atoms with Crippen LogP contribution in [0.5, 0.6) is 5.75 Å². The zero-order chi connectivity index (χ0) is 26.2. The van der Waals surface area contributed by atoms with E-state index in [1.54, 1.807) is 42.5 Å². The van der Waals surface area contributed by atoms with Crippen molar-refractivity contribution in [2.24, 2.45) is 0 Å². The van der Waals surface area contributed by atoms with E-state index in [-0.39, 0.29) is 12.2 Å². The third kappa shape index (κ3) is 5.51. The molecule has 3 rings (SSSR count). The van der Waals surface area contributed by atoms with Gasteiger partial charge in [-0.05, 0) is 47.0 Å². The molecule has 0 fully saturated rings. The molecule has 0 bridgehead atoms. The van der Waals surface area contributed by atoms with Crippen molar-refractivity contribution in [3.63, 3.8) is 0 Å². The summed E-state index contributed by atoms with van der Waals surface area (Å²) in [5.74, 6) is -1.59. The number of hydrogen-bond donors (Lipinski definition) is 1. The Morgan fingerprint density at radius 2 is 1.56 bits per heavy atom. The molecule has 0 heterocycles. The molecule has 0 saturated heterocycles. The number of carbonyl (C=O) groups excluding carboxylic acids is 2. The number of hydrogen-bond acceptors (Lipinski definition) is 7. The molecule has 0 spiro atoms. The average Bonchev–Trinajstić information content (AvgIpc) is 2.92. The normalized spacial score (nSPS) is 14.5. The smallest absolute Gasteiger partial charge is 0.346 e. The summed E-state index contributed by atoms with van der Waals surface area (Å²) in [6.45, 7) is -0.119. The zero-order valence-electron chi connectivity index (χ0n) is 20.1. The van der Waals surface area contributed by atoms with Crippen LogP contribution >= 0.6 is 15.9 Å². The molecule has 0 unspecified atom stereocenters. The minimum Gasteiger partial charge on any atom is -0.497 e. The van der Waals surface area contributed by atoms with Gasteiger partial charge in [0.1, 0.15) is 5.75 Å². The molecule has 1 N–H and O–H groups in total. The van der Waals surface area contributed by atoms with Crippen LogP contribution in [0.1, 0.15) is 16.7 Å². The largest absolute Gasteiger partial charge is 0.497 e. The SMILES string of the molecule is COC(=O)[C@@](O)(/C=C/c1cccc(Br)c1)[C@](OCc1ccccc1)(C(=O)OC)c1ccc(OC)cc1. The number of methoxy groups -OCH3 is 3. The first-order valence-electron chi connectivity index (χ1n) is 11.0. The van der Waals surface area contributed by atoms with Gasteiger partial charge in [0, 0.05) is 4.47 Å². The highest BCUT2D eigenvalue weighted by molar-refractivity contribution is 9.10. The van der Waals surface area contributed by atoms with E-state index in [4.69, 9.17) is 18.9 Å². The summed E-state index contributed by atoms with van der Waals surface area (Å²) in [6.07, 6.45) is 2.70. The van der Waals surface area contributed by atoms with Gasteiger partial charge in [-0.25, -0.2) is 9.59 Å². The van der Waals surface area contributed by atoms with Crippen LogP contribution in [0.15, 0.2) is 89.4 Å². The van der Waals surface area contributed by atoms with Gasteiger partial charge in [-0.3, -0.25) is 0 Å². The summed E-state index contributed by atoms with van der Waals surface area (Å²) in [5.41, 5.74) is -3.43. The van der Waals surface area contributed by atoms with Gasteiger partial charge in [0.05, 0.1) is 27.9 Å². The Labute approximate surface area is 218 Å². The predicted molar refractivity (Wildman–Crippen MR) is 138 cm³/mol. The Hall–Kier alpha value is -3.46. The minimum atomic E-state index is -2.62. The predicted octanol–water partition coefficient (Wildman–Crippen LogP) is 4.66. The van der Waals surface area contributed by atoms with Crippen molar-refractivity contribution in [1.82, 2.24) is 0 Å². The van der Waals surface area contributed by atoms with E-state index in [0.717, 1.165) is 18.7 Å². The molecular formula is C28H27BrO7. The van der Waals surface area contributed by atoms with Gasteiger partial charge in [-0.1, -0.05) is 76.6 Å². The Kier molecular flexibility index (Phi) is 9.03. The molecular weight excluding hydrogens is 528 g/mol. The number of rotatable bonds is 10. The van der Waals surface area contributed by atoms with E-state index in [9.17, 15) is 14.7 Å². The third-order valence-electron chi connectivity index (χ3n) is 5.67. The first kappa shape index (κ1) is 27.1. The van der Waals surface area contributed by atoms with Crippen LogP contribution < -0.4 is 4.74 Å². The molecule has 0 radical (unpaired) electrons. The Morgan fingerprint density at radius 3 is 2.14 bits per heavy atom. The second-order valence-corrected chi connectivity index (χ2v) is 8.74. The number of aliphatic hydroxyl groups is 1. The van der Waals surface area contributed by atoms with Gasteiger partial charge in [-0.2, -0.15) is 0 Å². The first-order chi connectivity index (χ1) is 17.3. The molecule has 36 heavy (non-hydrogen) atoms. The van der Waals surface area contributed by atoms with Gasteiger partial charge >= 0.3 is 11.9 Å². The van der Waals surface area contributed by atoms with Crippen molar-refractivity contribution >= 4 is 33.9 Å². The Bertz CT molecular complexity index is 1210. The molecule has 2 atom stereocenters. The summed E-state index contributed by atoms with van der Waals surface area (Å²) in [7, 11) is 3.77. The lowest BCUT2D eigenvalue weighted by atomic mass is 9.76. The number of carbonyl (C=O) groups is 2. The summed E-state index contributed by atoms with van der Waals surface area (Å²) >= 11 is 3.40. The van der Waals surface area contributed by atoms with E-state index >= 15 is 0 Å². The number of halogens is 1. The lowest BCUT2D eigenvalue weighted by molar-refractivity contribution is -0.218. The van der Waals surface area contributed by atoms with E-state index in [1.807, 2.05) is 24.3 Å². The maximum Gasteiger partial charge on any atom is 0.346 e. The number of benzene rings is 3. The fraction of sp³-hybridized carbons (Fsp3) is 0.214. The molecule has 3 aromatic carbocycles. The van der Waals surface area contributed by atoms with Crippen molar-refractivity contribution in [2.45, 2.75) is 17.8 Å². The number of ether oxygens (including phenoxy) is 4. The van der Waals surface area contributed by atoms with Crippen LogP contribution in [0.3, 0.4) is 0 Å². The molecule has 0 amide bonds. The van der Waals surface area contributed by atoms with E-state index in [0.29, 0.717) is 16.9 Å². The lowest BCUT2D eigenvalue weighted by Gasteiger charge is -2.41. The highest BCUT2D eigenvalue weighted by Gasteiger charge is 2.63. The van der Waals surface area contributed by atoms with Crippen LogP contribution in [0.2, 0.25) is 0 Å². The maximum atomic E-state index is 13.6. The lowest BCUT2D eigenvalue weighted by Crippen LogP contribution is -2.62. The number of esters is 2. The average molecular weight is 555 g/mol. The third-order valence-corrected chi connectivity index (χ3v) is 6.16. The Balaban J connectivity index is 2.26. The summed E-state index contributed by atoms with van der Waals surface area (Å²) in [4.78, 5) is 26.8. The van der Waals surface area contributed by atoms with Crippen molar-refractivity contribution in [3.05, 3.63) is 106 Å². The van der Waals surface area contributed by atoms with Crippen LogP contribution in [-0.2, 0) is 36.0 Å². The van der Waals surface area contributed by atoms with Crippen LogP contribution in [-0.4, -0.2) is 44.0 Å². The molecule has 7 nitrogen and oxygen atoms in total. The second kappa shape index (κ2) is 12.0. The van der Waals surface area contributed by atoms with E-state index < -0.39 is 23.1 Å². The second-order valence-electron chi connectivity index (χ2n) is 7.82. The first-order valence-corrected chi connectivity index (χ1v) is 11.8. The van der Waals surface area contributed by atoms with Gasteiger partial charge in [0.15, 0.2) is 0 Å². The van der Waals surface area contributed by atoms with Crippen LogP contribution in [0.25, 0.3) is 6.08 Å². The molecule has 0 aromatic heterocycles. The monoisotopic (exact) mass is 554 g/mol. The highest BCUT2D eigenvalue weighted by Crippen LogP contribution is 2.42. The quantitative estimate of drug-likeness (QED) is 0.364. The fourth-order valence-electron chi connectivity index (χ4n) is 3.79. The van der Waals surface area contributed by atoms with E-state index in [2.05, 4.69) is 15.9 Å². The van der Waals surface area contributed by atoms with E-state index in [1.165, 1.54) is 31.4 Å². The minimum absolute atomic E-state index is 0.119. The van der Waals surface area contributed by atoms with Gasteiger partial charge in [-0.15, -0.1) is 0 Å². The highest BCUT2D eigenvalue weighted by atomic mass is 79.9. The molecule has 0 aliphatic rings. The molecule has 188 valence electrons. The van der Waals surface area contributed by atoms with Crippen molar-refractivity contribution in [1.29, 1.82) is 0 Å². The molecule has 0 aliphatic heterocycles. The summed E-state index contributed by atoms with van der Waals surface area (Å²) in [5, 5.41) is 12.1. The van der Waals surface area contributed by atoms with Gasteiger partial charge < -0.3 is 24.1 Å². The topological polar surface area (TPSA) is 91.3 Å². The maximum absolute atomic E-state index is 13.6. The van der Waals surface area contributed by atoms with Crippen molar-refractivity contribution < 1.29 is 33.6 Å². The van der Waals surface area contributed by atoms with Crippen molar-refractivity contribution in [3.8, 4) is 5.75 Å². The molecule has 0 aliphatic carbocycles. The van der Waals surface area contributed by atoms with Crippen molar-refractivity contribution in [2.75, 3.05) is 21.3 Å². The Morgan fingerprint density at radius 1 is 0.889 bits per heavy atom. The van der Waals surface area contributed by atoms with Gasteiger partial charge in [0.25, 0.3) is 0 Å². The van der Waals surface area contributed by atoms with Gasteiger partial charge in [0.2, 0.25) is 11.2 Å². The van der Waals surface area contributed by atoms with Crippen LogP contribution in [0.4, 0.5) is 0 Å². The van der Waals surface area contributed by atoms with Crippen LogP contribution in [0, 0.1) is 0 Å². The molecule has 8 heteroatoms. The fourth-order valence-corrected chi connectivity index (χ4v) is 4.21. The summed E-state index contributed by atoms with van der Waals surface area (Å²) in [6, 6.07) is 22.5. The zero-order valence-corrected chi connectivity index (χ0v) is 21.7.